The second-order valence-electron chi connectivity index (χ2n) is 5.91. The number of ether oxygens (including phenoxy) is 2. The van der Waals surface area contributed by atoms with E-state index in [4.69, 9.17) is 4.74 Å². The van der Waals surface area contributed by atoms with E-state index in [2.05, 4.69) is 10.1 Å². The first-order chi connectivity index (χ1) is 10.2. The maximum Gasteiger partial charge on any atom is 0.407 e. The number of nitrogens with one attached hydrogen (secondary N) is 1. The maximum absolute atomic E-state index is 11.9. The van der Waals surface area contributed by atoms with E-state index in [1.165, 1.54) is 7.11 Å². The molecular weight excluding hydrogens is 286 g/mol. The van der Waals surface area contributed by atoms with Crippen molar-refractivity contribution in [2.24, 2.45) is 0 Å². The van der Waals surface area contributed by atoms with E-state index in [1.54, 1.807) is 20.8 Å². The van der Waals surface area contributed by atoms with Gasteiger partial charge in [0, 0.05) is 0 Å². The summed E-state index contributed by atoms with van der Waals surface area (Å²) in [6, 6.07) is 8.37. The second-order valence-corrected chi connectivity index (χ2v) is 5.91. The Morgan fingerprint density at radius 3 is 2.32 bits per heavy atom. The van der Waals surface area contributed by atoms with Crippen LogP contribution in [0.15, 0.2) is 30.3 Å². The molecule has 0 aliphatic rings. The summed E-state index contributed by atoms with van der Waals surface area (Å²) in [4.78, 5) is 23.4. The van der Waals surface area contributed by atoms with Gasteiger partial charge in [-0.3, -0.25) is 0 Å². The van der Waals surface area contributed by atoms with Crippen LogP contribution in [0.1, 0.15) is 26.3 Å². The summed E-state index contributed by atoms with van der Waals surface area (Å²) >= 11 is 0. The normalized spacial score (nSPS) is 13.9. The van der Waals surface area contributed by atoms with Crippen LogP contribution < -0.4 is 5.32 Å². The number of aliphatic hydroxyl groups is 1. The fourth-order valence-corrected chi connectivity index (χ4v) is 1.85. The highest BCUT2D eigenvalue weighted by Gasteiger charge is 2.30. The molecule has 6 nitrogen and oxygen atoms in total. The van der Waals surface area contributed by atoms with E-state index in [1.807, 2.05) is 30.3 Å². The third-order valence-electron chi connectivity index (χ3n) is 2.82. The largest absolute Gasteiger partial charge is 0.467 e. The highest BCUT2D eigenvalue weighted by molar-refractivity contribution is 5.77. The summed E-state index contributed by atoms with van der Waals surface area (Å²) in [7, 11) is 1.18. The molecule has 22 heavy (non-hydrogen) atoms. The van der Waals surface area contributed by atoms with Crippen LogP contribution in [0.25, 0.3) is 0 Å². The van der Waals surface area contributed by atoms with Crippen molar-refractivity contribution >= 4 is 12.1 Å². The monoisotopic (exact) mass is 309 g/mol. The Morgan fingerprint density at radius 2 is 1.82 bits per heavy atom. The minimum Gasteiger partial charge on any atom is -0.467 e. The van der Waals surface area contributed by atoms with E-state index in [0.29, 0.717) is 0 Å². The lowest BCUT2D eigenvalue weighted by Crippen LogP contribution is -2.49. The molecule has 0 fully saturated rings. The van der Waals surface area contributed by atoms with Crippen LogP contribution in [0.3, 0.4) is 0 Å². The minimum atomic E-state index is -1.47. The summed E-state index contributed by atoms with van der Waals surface area (Å²) in [5.41, 5.74) is 0.198. The molecule has 122 valence electrons. The fraction of sp³-hybridized carbons (Fsp3) is 0.500. The maximum atomic E-state index is 11.9. The smallest absolute Gasteiger partial charge is 0.407 e. The molecule has 0 aromatic heterocycles. The molecule has 1 aromatic carbocycles. The van der Waals surface area contributed by atoms with Crippen LogP contribution in [0, 0.1) is 0 Å². The molecule has 2 atom stereocenters. The Labute approximate surface area is 130 Å². The zero-order valence-electron chi connectivity index (χ0n) is 13.3. The quantitative estimate of drug-likeness (QED) is 0.808. The lowest BCUT2D eigenvalue weighted by Gasteiger charge is -2.25. The molecule has 0 saturated carbocycles. The Balaban J connectivity index is 2.82. The lowest BCUT2D eigenvalue weighted by atomic mass is 10.0. The van der Waals surface area contributed by atoms with Crippen LogP contribution in [0.2, 0.25) is 0 Å². The van der Waals surface area contributed by atoms with Crippen molar-refractivity contribution in [3.8, 4) is 0 Å². The van der Waals surface area contributed by atoms with E-state index >= 15 is 0 Å². The van der Waals surface area contributed by atoms with Gasteiger partial charge < -0.3 is 19.9 Å². The van der Waals surface area contributed by atoms with Crippen molar-refractivity contribution in [1.82, 2.24) is 5.32 Å². The van der Waals surface area contributed by atoms with Gasteiger partial charge in [0.2, 0.25) is 0 Å². The van der Waals surface area contributed by atoms with Gasteiger partial charge in [0.1, 0.15) is 5.60 Å². The average Bonchev–Trinajstić information content (AvgIpc) is 2.44. The number of methoxy groups -OCH3 is 1. The Bertz CT molecular complexity index is 495. The zero-order chi connectivity index (χ0) is 16.8. The number of hydrogen-bond acceptors (Lipinski definition) is 5. The van der Waals surface area contributed by atoms with Crippen molar-refractivity contribution in [3.63, 3.8) is 0 Å². The number of carbonyl (C=O) groups excluding carboxylic acids is 2. The second kappa shape index (κ2) is 7.79. The molecule has 1 unspecified atom stereocenters. The van der Waals surface area contributed by atoms with E-state index in [0.717, 1.165) is 5.56 Å². The van der Waals surface area contributed by atoms with Gasteiger partial charge in [-0.1, -0.05) is 30.3 Å². The number of amides is 1. The SMILES string of the molecule is COC(=O)C(O)[C@H](Cc1ccccc1)NC(=O)OC(C)(C)C. The molecule has 0 heterocycles. The summed E-state index contributed by atoms with van der Waals surface area (Å²) in [5, 5.41) is 12.6. The molecule has 6 heteroatoms. The van der Waals surface area contributed by atoms with Gasteiger partial charge in [-0.05, 0) is 32.8 Å². The molecule has 1 amide bonds. The van der Waals surface area contributed by atoms with Crippen molar-refractivity contribution in [2.75, 3.05) is 7.11 Å². The molecule has 2 N–H and O–H groups in total. The molecule has 1 rings (SSSR count). The Hall–Kier alpha value is -2.08. The average molecular weight is 309 g/mol. The molecule has 0 aliphatic heterocycles. The van der Waals surface area contributed by atoms with Gasteiger partial charge in [0.05, 0.1) is 13.2 Å². The minimum absolute atomic E-state index is 0.274. The molecule has 0 spiro atoms. The van der Waals surface area contributed by atoms with Crippen molar-refractivity contribution < 1.29 is 24.2 Å². The summed E-state index contributed by atoms with van der Waals surface area (Å²) in [5.74, 6) is -0.808. The molecule has 0 radical (unpaired) electrons. The van der Waals surface area contributed by atoms with Crippen molar-refractivity contribution in [1.29, 1.82) is 0 Å². The van der Waals surface area contributed by atoms with Crippen LogP contribution >= 0.6 is 0 Å². The predicted molar refractivity (Wildman–Crippen MR) is 81.3 cm³/mol. The molecule has 0 bridgehead atoms. The number of carbonyl (C=O) groups is 2. The van der Waals surface area contributed by atoms with Crippen LogP contribution in [-0.4, -0.2) is 42.0 Å². The third-order valence-corrected chi connectivity index (χ3v) is 2.82. The number of alkyl carbamates (subject to hydrolysis) is 1. The van der Waals surface area contributed by atoms with Gasteiger partial charge in [0.15, 0.2) is 6.10 Å². The first-order valence-electron chi connectivity index (χ1n) is 7.02. The predicted octanol–water partition coefficient (Wildman–Crippen LogP) is 1.66. The number of hydrogen-bond donors (Lipinski definition) is 2. The highest BCUT2D eigenvalue weighted by Crippen LogP contribution is 2.11. The summed E-state index contributed by atoms with van der Waals surface area (Å²) in [6.07, 6.45) is -1.90. The number of rotatable bonds is 5. The Kier molecular flexibility index (Phi) is 6.37. The molecule has 0 saturated heterocycles. The third kappa shape index (κ3) is 6.13. The van der Waals surface area contributed by atoms with Crippen LogP contribution in [0.4, 0.5) is 4.79 Å². The van der Waals surface area contributed by atoms with Crippen LogP contribution in [-0.2, 0) is 20.7 Å². The number of aliphatic hydroxyl groups excluding tert-OH is 1. The van der Waals surface area contributed by atoms with Crippen molar-refractivity contribution in [3.05, 3.63) is 35.9 Å². The molecule has 0 aliphatic carbocycles. The van der Waals surface area contributed by atoms with Crippen molar-refractivity contribution in [2.45, 2.75) is 44.9 Å². The standard InChI is InChI=1S/C16H23NO5/c1-16(2,3)22-15(20)17-12(13(18)14(19)21-4)10-11-8-6-5-7-9-11/h5-9,12-13,18H,10H2,1-4H3,(H,17,20)/t12-,13?/m0/s1. The van der Waals surface area contributed by atoms with E-state index in [9.17, 15) is 14.7 Å². The number of esters is 1. The van der Waals surface area contributed by atoms with Gasteiger partial charge >= 0.3 is 12.1 Å². The lowest BCUT2D eigenvalue weighted by molar-refractivity contribution is -0.151. The molecular formula is C16H23NO5. The Morgan fingerprint density at radius 1 is 1.23 bits per heavy atom. The highest BCUT2D eigenvalue weighted by atomic mass is 16.6. The first kappa shape index (κ1) is 18.0. The summed E-state index contributed by atoms with van der Waals surface area (Å²) < 4.78 is 9.69. The fourth-order valence-electron chi connectivity index (χ4n) is 1.85. The van der Waals surface area contributed by atoms with Gasteiger partial charge in [-0.15, -0.1) is 0 Å². The number of benzene rings is 1. The topological polar surface area (TPSA) is 84.9 Å². The van der Waals surface area contributed by atoms with Gasteiger partial charge in [-0.2, -0.15) is 0 Å². The van der Waals surface area contributed by atoms with Crippen LogP contribution in [0.5, 0.6) is 0 Å². The molecule has 1 aromatic rings. The zero-order valence-corrected chi connectivity index (χ0v) is 13.3. The van der Waals surface area contributed by atoms with Gasteiger partial charge in [-0.25, -0.2) is 9.59 Å². The summed E-state index contributed by atoms with van der Waals surface area (Å²) in [6.45, 7) is 5.19. The van der Waals surface area contributed by atoms with Gasteiger partial charge in [0.25, 0.3) is 0 Å². The van der Waals surface area contributed by atoms with E-state index < -0.39 is 29.8 Å². The first-order valence-corrected chi connectivity index (χ1v) is 7.02. The van der Waals surface area contributed by atoms with E-state index in [-0.39, 0.29) is 6.42 Å².